The van der Waals surface area contributed by atoms with E-state index in [1.807, 2.05) is 0 Å². The topological polar surface area (TPSA) is 0 Å². The van der Waals surface area contributed by atoms with Crippen molar-refractivity contribution >= 4 is 0 Å². The molecule has 0 amide bonds. The first kappa shape index (κ1) is 67.2. The number of aryl methyl sites for hydroxylation is 3. The van der Waals surface area contributed by atoms with Crippen LogP contribution in [0.3, 0.4) is 0 Å². The van der Waals surface area contributed by atoms with Crippen molar-refractivity contribution < 1.29 is 0 Å². The number of hydrogen-bond acceptors (Lipinski definition) is 0. The summed E-state index contributed by atoms with van der Waals surface area (Å²) in [6.45, 7) is 44.6. The highest BCUT2D eigenvalue weighted by molar-refractivity contribution is 5.44. The average molecular weight is 976 g/mol. The smallest absolute Gasteiger partial charge is 0.0126 e. The molecular weight excluding hydrogens is 841 g/mol. The van der Waals surface area contributed by atoms with E-state index in [0.29, 0.717) is 0 Å². The van der Waals surface area contributed by atoms with Gasteiger partial charge in [0, 0.05) is 0 Å². The summed E-state index contributed by atoms with van der Waals surface area (Å²) in [7, 11) is 0. The summed E-state index contributed by atoms with van der Waals surface area (Å²) in [5, 5.41) is 0. The molecule has 70 heavy (non-hydrogen) atoms. The number of rotatable bonds is 45. The van der Waals surface area contributed by atoms with Crippen molar-refractivity contribution in [2.45, 2.75) is 342 Å². The summed E-state index contributed by atoms with van der Waals surface area (Å²) in [5.74, 6) is 10.3. The van der Waals surface area contributed by atoms with Crippen LogP contribution in [0.1, 0.15) is 340 Å². The summed E-state index contributed by atoms with van der Waals surface area (Å²) < 4.78 is 0. The van der Waals surface area contributed by atoms with Gasteiger partial charge in [0.15, 0.2) is 0 Å². The molecule has 0 saturated carbocycles. The Morgan fingerprint density at radius 3 is 0.643 bits per heavy atom. The molecule has 0 aliphatic carbocycles. The van der Waals surface area contributed by atoms with E-state index >= 15 is 0 Å². The van der Waals surface area contributed by atoms with Gasteiger partial charge < -0.3 is 0 Å². The van der Waals surface area contributed by atoms with E-state index in [4.69, 9.17) is 0 Å². The van der Waals surface area contributed by atoms with Crippen molar-refractivity contribution in [3.63, 3.8) is 0 Å². The van der Waals surface area contributed by atoms with Crippen LogP contribution in [0.2, 0.25) is 0 Å². The molecule has 1 aromatic rings. The highest BCUT2D eigenvalue weighted by atomic mass is 14.3. The molecule has 0 radical (unpaired) electrons. The first-order valence-corrected chi connectivity index (χ1v) is 32.2. The quantitative estimate of drug-likeness (QED) is 0.0611. The first-order valence-electron chi connectivity index (χ1n) is 32.2. The van der Waals surface area contributed by atoms with Crippen molar-refractivity contribution in [2.75, 3.05) is 0 Å². The van der Waals surface area contributed by atoms with Crippen LogP contribution in [-0.2, 0) is 24.7 Å². The van der Waals surface area contributed by atoms with Crippen molar-refractivity contribution in [1.29, 1.82) is 0 Å². The largest absolute Gasteiger partial charge is 0.0628 e. The zero-order valence-corrected chi connectivity index (χ0v) is 51.9. The van der Waals surface area contributed by atoms with Crippen LogP contribution in [0.4, 0.5) is 0 Å². The Hall–Kier alpha value is -0.780. The minimum absolute atomic E-state index is 0.175. The minimum Gasteiger partial charge on any atom is -0.0628 e. The summed E-state index contributed by atoms with van der Waals surface area (Å²) in [6.07, 6.45) is 46.1. The first-order chi connectivity index (χ1) is 33.0. The van der Waals surface area contributed by atoms with E-state index in [-0.39, 0.29) is 5.41 Å². The molecule has 9 atom stereocenters. The molecule has 414 valence electrons. The van der Waals surface area contributed by atoms with E-state index in [1.54, 1.807) is 22.3 Å². The monoisotopic (exact) mass is 975 g/mol. The molecule has 0 saturated heterocycles. The third kappa shape index (κ3) is 36.2. The molecule has 0 aliphatic heterocycles. The Balaban J connectivity index is 2.90. The van der Waals surface area contributed by atoms with Gasteiger partial charge in [-0.2, -0.15) is 0 Å². The number of benzene rings is 1. The summed E-state index contributed by atoms with van der Waals surface area (Å²) >= 11 is 0. The summed E-state index contributed by atoms with van der Waals surface area (Å²) in [4.78, 5) is 0. The molecule has 0 heteroatoms. The molecule has 0 aliphatic rings. The molecule has 1 rings (SSSR count). The molecular formula is C70H134. The highest BCUT2D eigenvalue weighted by Crippen LogP contribution is 2.36. The van der Waals surface area contributed by atoms with Crippen LogP contribution in [-0.4, -0.2) is 0 Å². The predicted molar refractivity (Wildman–Crippen MR) is 322 cm³/mol. The van der Waals surface area contributed by atoms with E-state index in [2.05, 4.69) is 137 Å². The van der Waals surface area contributed by atoms with Gasteiger partial charge >= 0.3 is 0 Å². The zero-order chi connectivity index (χ0) is 52.5. The van der Waals surface area contributed by atoms with Crippen LogP contribution in [0, 0.1) is 71.0 Å². The van der Waals surface area contributed by atoms with Crippen LogP contribution in [0.25, 0.3) is 0 Å². The normalized spacial score (nSPS) is 16.5. The van der Waals surface area contributed by atoms with Gasteiger partial charge in [0.2, 0.25) is 0 Å². The number of hydrogen-bond donors (Lipinski definition) is 0. The Labute approximate surface area is 445 Å². The fourth-order valence-corrected chi connectivity index (χ4v) is 12.4. The maximum absolute atomic E-state index is 2.72. The van der Waals surface area contributed by atoms with E-state index in [1.165, 1.54) is 212 Å². The maximum atomic E-state index is 2.72. The van der Waals surface area contributed by atoms with Crippen molar-refractivity contribution in [2.24, 2.45) is 71.0 Å². The molecule has 0 heterocycles. The molecule has 0 aromatic heterocycles. The van der Waals surface area contributed by atoms with Gasteiger partial charge in [0.25, 0.3) is 0 Å². The van der Waals surface area contributed by atoms with Crippen molar-refractivity contribution in [3.8, 4) is 0 Å². The van der Waals surface area contributed by atoms with Gasteiger partial charge in [0.1, 0.15) is 0 Å². The van der Waals surface area contributed by atoms with Gasteiger partial charge in [-0.3, -0.25) is 0 Å². The lowest BCUT2D eigenvalue weighted by Gasteiger charge is -2.29. The minimum atomic E-state index is 0.175. The van der Waals surface area contributed by atoms with Crippen molar-refractivity contribution in [3.05, 3.63) is 34.4 Å². The molecule has 0 nitrogen and oxygen atoms in total. The SMILES string of the molecule is CC(C)CCCC(C)CCCC(C)CCCC(C)CCc1cc(CCC(C)CCCC(C)CCCC(C)CCCC(C)C)c(C(C)(C)C)c(CCC(C)CCCC(C)CCCC(C)CCCC(C)C)c1. The molecule has 9 unspecified atom stereocenters. The van der Waals surface area contributed by atoms with Crippen LogP contribution in [0.5, 0.6) is 0 Å². The second-order valence-electron chi connectivity index (χ2n) is 28.7. The van der Waals surface area contributed by atoms with Gasteiger partial charge in [-0.1, -0.05) is 310 Å². The average Bonchev–Trinajstić information content (AvgIpc) is 3.26. The summed E-state index contributed by atoms with van der Waals surface area (Å²) in [5.41, 5.74) is 6.94. The molecule has 0 fully saturated rings. The van der Waals surface area contributed by atoms with Crippen molar-refractivity contribution in [1.82, 2.24) is 0 Å². The zero-order valence-electron chi connectivity index (χ0n) is 51.9. The highest BCUT2D eigenvalue weighted by Gasteiger charge is 2.24. The fraction of sp³-hybridized carbons (Fsp3) is 0.914. The summed E-state index contributed by atoms with van der Waals surface area (Å²) in [6, 6.07) is 5.44. The standard InChI is InChI=1S/C70H134/c1-54(2)28-19-31-57(7)34-22-37-60(10)40-25-43-63(13)46-49-66-52-67(50-47-64(14)44-26-41-61(11)38-23-35-58(8)32-20-29-55(3)4)69(70(16,17)18)68(53-66)51-48-65(15)45-27-42-62(12)39-24-36-59(9)33-21-30-56(5)6/h52-65H,19-51H2,1-18H3. The maximum Gasteiger partial charge on any atom is -0.0126 e. The van der Waals surface area contributed by atoms with Gasteiger partial charge in [-0.05, 0) is 137 Å². The second kappa shape index (κ2) is 39.6. The Morgan fingerprint density at radius 2 is 0.443 bits per heavy atom. The predicted octanol–water partition coefficient (Wildman–Crippen LogP) is 24.0. The van der Waals surface area contributed by atoms with E-state index in [9.17, 15) is 0 Å². The molecule has 0 spiro atoms. The van der Waals surface area contributed by atoms with E-state index in [0.717, 1.165) is 71.0 Å². The molecule has 0 N–H and O–H groups in total. The van der Waals surface area contributed by atoms with Gasteiger partial charge in [0.05, 0.1) is 0 Å². The lowest BCUT2D eigenvalue weighted by atomic mass is 9.76. The molecule has 0 bridgehead atoms. The fourth-order valence-electron chi connectivity index (χ4n) is 12.4. The molecule has 1 aromatic carbocycles. The van der Waals surface area contributed by atoms with Crippen LogP contribution in [0.15, 0.2) is 12.1 Å². The van der Waals surface area contributed by atoms with Gasteiger partial charge in [-0.15, -0.1) is 0 Å². The van der Waals surface area contributed by atoms with Gasteiger partial charge in [-0.25, -0.2) is 0 Å². The lowest BCUT2D eigenvalue weighted by Crippen LogP contribution is -2.19. The van der Waals surface area contributed by atoms with E-state index < -0.39 is 0 Å². The lowest BCUT2D eigenvalue weighted by molar-refractivity contribution is 0.373. The third-order valence-electron chi connectivity index (χ3n) is 17.6. The third-order valence-corrected chi connectivity index (χ3v) is 17.6. The second-order valence-corrected chi connectivity index (χ2v) is 28.7. The Bertz CT molecular complexity index is 1270. The Morgan fingerprint density at radius 1 is 0.257 bits per heavy atom. The van der Waals surface area contributed by atoms with Crippen LogP contribution >= 0.6 is 0 Å². The van der Waals surface area contributed by atoms with Crippen LogP contribution < -0.4 is 0 Å². The Kier molecular flexibility index (Phi) is 38.0.